The number of hydrogen-bond acceptors (Lipinski definition) is 18. The van der Waals surface area contributed by atoms with E-state index in [-0.39, 0.29) is 86.1 Å². The normalized spacial score (nSPS) is 12.3. The third-order valence-electron chi connectivity index (χ3n) is 11.5. The molecule has 23 nitrogen and oxygen atoms in total. The molecule has 0 aliphatic rings. The number of azo groups is 2. The van der Waals surface area contributed by atoms with Gasteiger partial charge >= 0.3 is 0 Å². The first kappa shape index (κ1) is 51.2. The van der Waals surface area contributed by atoms with Crippen LogP contribution in [0.2, 0.25) is 0 Å². The van der Waals surface area contributed by atoms with E-state index in [1.807, 2.05) is 6.07 Å². The lowest BCUT2D eigenvalue weighted by molar-refractivity contribution is 0.102. The number of phenolic OH excluding ortho intramolecular Hbond substituents is 1. The molecule has 0 saturated heterocycles. The van der Waals surface area contributed by atoms with Crippen LogP contribution < -0.4 is 24.3 Å². The number of carbonyl (C=O) groups is 1. The molecule has 0 bridgehead atoms. The number of anilines is 1. The number of nitrogens with zero attached hydrogens (tertiary/aromatic N) is 7. The summed E-state index contributed by atoms with van der Waals surface area (Å²) in [6, 6.07) is 30.7. The van der Waals surface area contributed by atoms with E-state index in [1.165, 1.54) is 62.5 Å². The van der Waals surface area contributed by atoms with Crippen LogP contribution >= 0.6 is 0 Å². The number of ether oxygens (including phenoxy) is 4. The molecule has 0 saturated carbocycles. The van der Waals surface area contributed by atoms with Gasteiger partial charge in [0.25, 0.3) is 36.3 Å². The Balaban J connectivity index is 0.919. The van der Waals surface area contributed by atoms with Crippen molar-refractivity contribution >= 4 is 108 Å². The summed E-state index contributed by atoms with van der Waals surface area (Å²) >= 11 is 0. The summed E-state index contributed by atoms with van der Waals surface area (Å²) in [5.74, 6) is 0.0333. The largest absolute Gasteiger partial charge is 0.505 e. The van der Waals surface area contributed by atoms with Crippen molar-refractivity contribution in [1.82, 2.24) is 15.0 Å². The molecule has 0 radical (unpaired) electrons. The maximum Gasteiger partial charge on any atom is 0.295 e. The molecule has 9 rings (SSSR count). The number of rotatable bonds is 17. The molecular formula is C49H40N8O15S3. The van der Waals surface area contributed by atoms with E-state index in [2.05, 4.69) is 36.0 Å². The zero-order chi connectivity index (χ0) is 53.4. The molecule has 1 heterocycles. The fraction of sp³-hybridized carbons (Fsp3) is 0.122. The van der Waals surface area contributed by atoms with Crippen molar-refractivity contribution in [2.45, 2.75) is 16.2 Å². The van der Waals surface area contributed by atoms with Crippen molar-refractivity contribution in [3.8, 4) is 34.4 Å². The van der Waals surface area contributed by atoms with E-state index in [0.717, 1.165) is 11.5 Å². The molecule has 0 unspecified atom stereocenters. The molecule has 75 heavy (non-hydrogen) atoms. The van der Waals surface area contributed by atoms with E-state index in [0.29, 0.717) is 39.3 Å². The molecule has 9 aromatic rings. The topological polar surface area (TPSA) is 330 Å². The second-order valence-corrected chi connectivity index (χ2v) is 20.7. The quantitative estimate of drug-likeness (QED) is 0.0321. The van der Waals surface area contributed by atoms with Gasteiger partial charge in [0.15, 0.2) is 5.75 Å². The summed E-state index contributed by atoms with van der Waals surface area (Å²) in [6.07, 6.45) is 0.0840. The minimum Gasteiger partial charge on any atom is -0.505 e. The smallest absolute Gasteiger partial charge is 0.295 e. The molecule has 8 aromatic carbocycles. The molecule has 0 atom stereocenters. The van der Waals surface area contributed by atoms with Gasteiger partial charge in [-0.15, -0.1) is 30.7 Å². The lowest BCUT2D eigenvalue weighted by Crippen LogP contribution is -2.12. The molecule has 1 amide bonds. The van der Waals surface area contributed by atoms with Crippen molar-refractivity contribution in [3.63, 3.8) is 0 Å². The Morgan fingerprint density at radius 3 is 1.93 bits per heavy atom. The average Bonchev–Trinajstić information content (AvgIpc) is 3.83. The second-order valence-electron chi connectivity index (χ2n) is 16.3. The van der Waals surface area contributed by atoms with Crippen LogP contribution in [-0.2, 0) is 30.4 Å². The van der Waals surface area contributed by atoms with Crippen LogP contribution in [0, 0.1) is 0 Å². The molecular weight excluding hydrogens is 1040 g/mol. The minimum absolute atomic E-state index is 0.0163. The standard InChI is InChI=1S/C49H40N8O15S3/c1-69-43-21-29(49(59)50-30-11-8-27-6-4-7-42(35(27)22-30)72-18-5-19-73(60,61)62)10-15-37(43)51-53-40-25-45(71-3)41(26-44(40)70-2)54-52-39-16-9-28-20-31(12-13-33(28)48(39)58)57-55-38-17-14-34-36(47(38)56-57)23-32(74(63,64)65)24-46(34)75(66,67)68/h4,6-17,20-26,58H,5,18-19H2,1-3H3,(H,50,59)(H,60,61,62)(H,63,64,65)(H,66,67,68). The number of carbonyl (C=O) groups excluding carboxylic acids is 1. The number of phenols is 1. The Hall–Kier alpha value is -8.66. The van der Waals surface area contributed by atoms with Gasteiger partial charge in [0.1, 0.15) is 61.7 Å². The zero-order valence-corrected chi connectivity index (χ0v) is 41.8. The predicted octanol–water partition coefficient (Wildman–Crippen LogP) is 9.84. The monoisotopic (exact) mass is 1080 g/mol. The number of amides is 1. The molecule has 26 heteroatoms. The number of fused-ring (bicyclic) bond motifs is 5. The van der Waals surface area contributed by atoms with E-state index in [9.17, 15) is 44.3 Å². The van der Waals surface area contributed by atoms with E-state index in [4.69, 9.17) is 23.5 Å². The Bertz CT molecular complexity index is 4210. The minimum atomic E-state index is -4.93. The van der Waals surface area contributed by atoms with Gasteiger partial charge in [0.05, 0.1) is 44.3 Å². The fourth-order valence-electron chi connectivity index (χ4n) is 7.94. The highest BCUT2D eigenvalue weighted by atomic mass is 32.2. The highest BCUT2D eigenvalue weighted by molar-refractivity contribution is 7.87. The third-order valence-corrected chi connectivity index (χ3v) is 14.1. The van der Waals surface area contributed by atoms with Crippen molar-refractivity contribution in [2.24, 2.45) is 20.5 Å². The third kappa shape index (κ3) is 11.0. The van der Waals surface area contributed by atoms with Crippen LogP contribution in [0.15, 0.2) is 152 Å². The fourth-order valence-corrected chi connectivity index (χ4v) is 9.76. The molecule has 1 aromatic heterocycles. The number of aromatic nitrogens is 3. The van der Waals surface area contributed by atoms with E-state index in [1.54, 1.807) is 66.7 Å². The maximum atomic E-state index is 13.4. The maximum absolute atomic E-state index is 13.4. The predicted molar refractivity (Wildman–Crippen MR) is 274 cm³/mol. The van der Waals surface area contributed by atoms with Crippen LogP contribution in [-0.4, -0.2) is 98.6 Å². The van der Waals surface area contributed by atoms with Gasteiger partial charge in [-0.3, -0.25) is 18.5 Å². The van der Waals surface area contributed by atoms with Crippen molar-refractivity contribution in [3.05, 3.63) is 127 Å². The van der Waals surface area contributed by atoms with Crippen molar-refractivity contribution in [1.29, 1.82) is 0 Å². The number of aromatic hydroxyl groups is 1. The van der Waals surface area contributed by atoms with Crippen LogP contribution in [0.5, 0.6) is 28.7 Å². The lowest BCUT2D eigenvalue weighted by Gasteiger charge is -2.12. The number of hydrogen-bond donors (Lipinski definition) is 5. The summed E-state index contributed by atoms with van der Waals surface area (Å²) < 4.78 is 122. The summed E-state index contributed by atoms with van der Waals surface area (Å²) in [6.45, 7) is 0.0460. The number of nitrogens with one attached hydrogen (secondary N) is 1. The van der Waals surface area contributed by atoms with Gasteiger partial charge < -0.3 is 29.4 Å². The lowest BCUT2D eigenvalue weighted by atomic mass is 10.1. The number of methoxy groups -OCH3 is 3. The molecule has 0 aliphatic heterocycles. The first-order chi connectivity index (χ1) is 35.7. The van der Waals surface area contributed by atoms with Gasteiger partial charge in [-0.05, 0) is 96.1 Å². The van der Waals surface area contributed by atoms with Crippen molar-refractivity contribution in [2.75, 3.05) is 39.0 Å². The summed E-state index contributed by atoms with van der Waals surface area (Å²) in [4.78, 5) is 13.1. The van der Waals surface area contributed by atoms with Crippen LogP contribution in [0.3, 0.4) is 0 Å². The van der Waals surface area contributed by atoms with E-state index >= 15 is 0 Å². The molecule has 0 aliphatic carbocycles. The van der Waals surface area contributed by atoms with Gasteiger partial charge in [0, 0.05) is 44.9 Å². The highest BCUT2D eigenvalue weighted by Crippen LogP contribution is 2.43. The van der Waals surface area contributed by atoms with Crippen LogP contribution in [0.25, 0.3) is 49.0 Å². The SMILES string of the molecule is COc1cc(C(=O)Nc2ccc3cccc(OCCCS(=O)(=O)O)c3c2)ccc1N=Nc1cc(OC)c(N=Nc2ccc3cc(-n4nc5ccc6c(S(=O)(=O)O)cc(S(=O)(=O)O)cc6c5n4)ccc3c2O)cc1OC. The van der Waals surface area contributed by atoms with Gasteiger partial charge in [0.2, 0.25) is 0 Å². The van der Waals surface area contributed by atoms with Gasteiger partial charge in [-0.25, -0.2) is 0 Å². The van der Waals surface area contributed by atoms with Crippen molar-refractivity contribution < 1.29 is 67.8 Å². The Kier molecular flexibility index (Phi) is 13.9. The second kappa shape index (κ2) is 20.3. The zero-order valence-electron chi connectivity index (χ0n) is 39.3. The Labute approximate surface area is 425 Å². The van der Waals surface area contributed by atoms with Crippen LogP contribution in [0.1, 0.15) is 16.8 Å². The Morgan fingerprint density at radius 2 is 1.25 bits per heavy atom. The Morgan fingerprint density at radius 1 is 0.600 bits per heavy atom. The first-order valence-corrected chi connectivity index (χ1v) is 26.4. The van der Waals surface area contributed by atoms with Crippen LogP contribution in [0.4, 0.5) is 28.4 Å². The highest BCUT2D eigenvalue weighted by Gasteiger charge is 2.23. The van der Waals surface area contributed by atoms with Gasteiger partial charge in [-0.2, -0.15) is 30.0 Å². The average molecular weight is 1080 g/mol. The molecule has 5 N–H and O–H groups in total. The summed E-state index contributed by atoms with van der Waals surface area (Å²) in [7, 11) is -9.70. The number of benzene rings is 8. The first-order valence-electron chi connectivity index (χ1n) is 22.0. The summed E-state index contributed by atoms with van der Waals surface area (Å²) in [5, 5.41) is 42.8. The van der Waals surface area contributed by atoms with E-state index < -0.39 is 51.8 Å². The van der Waals surface area contributed by atoms with Gasteiger partial charge in [-0.1, -0.05) is 30.3 Å². The molecule has 384 valence electrons. The summed E-state index contributed by atoms with van der Waals surface area (Å²) in [5.41, 5.74) is 2.21. The molecule has 0 fully saturated rings. The molecule has 0 spiro atoms.